The van der Waals surface area contributed by atoms with Gasteiger partial charge in [0.15, 0.2) is 11.2 Å². The maximum atomic E-state index is 9.58. The van der Waals surface area contributed by atoms with E-state index >= 15 is 0 Å². The smallest absolute Gasteiger partial charge is 0.159 e. The van der Waals surface area contributed by atoms with E-state index in [1.165, 1.54) is 33.0 Å². The van der Waals surface area contributed by atoms with Crippen LogP contribution in [0.1, 0.15) is 165 Å². The third-order valence-corrected chi connectivity index (χ3v) is 22.1. The Morgan fingerprint density at radius 1 is 0.298 bits per heavy atom. The minimum Gasteiger partial charge on any atom is -0.452 e. The van der Waals surface area contributed by atoms with Gasteiger partial charge in [-0.25, -0.2) is 0 Å². The summed E-state index contributed by atoms with van der Waals surface area (Å²) < 4.78 is 85.5. The molecule has 1 atom stereocenters. The van der Waals surface area contributed by atoms with Gasteiger partial charge in [0, 0.05) is 60.6 Å². The summed E-state index contributed by atoms with van der Waals surface area (Å²) in [4.78, 5) is 5.05. The lowest BCUT2D eigenvalue weighted by molar-refractivity contribution is 0.589. The predicted octanol–water partition coefficient (Wildman–Crippen LogP) is 28.0. The Morgan fingerprint density at radius 2 is 0.779 bits per heavy atom. The zero-order valence-corrected chi connectivity index (χ0v) is 62.1. The van der Waals surface area contributed by atoms with Crippen molar-refractivity contribution in [1.82, 2.24) is 9.13 Å². The molecule has 0 saturated carbocycles. The molecule has 0 fully saturated rings. The van der Waals surface area contributed by atoms with Gasteiger partial charge < -0.3 is 23.4 Å². The predicted molar refractivity (Wildman–Crippen MR) is 443 cm³/mol. The van der Waals surface area contributed by atoms with Crippen LogP contribution in [-0.2, 0) is 27.1 Å². The Bertz CT molecular complexity index is 6500. The number of benzene rings is 13. The molecule has 0 bridgehead atoms. The van der Waals surface area contributed by atoms with Gasteiger partial charge in [-0.05, 0) is 185 Å². The molecular weight excluding hydrogens is 1260 g/mol. The van der Waals surface area contributed by atoms with E-state index in [1.54, 1.807) is 10.6 Å². The van der Waals surface area contributed by atoms with Crippen molar-refractivity contribution in [1.29, 1.82) is 0 Å². The lowest BCUT2D eigenvalue weighted by atomic mass is 9.73. The largest absolute Gasteiger partial charge is 0.452 e. The van der Waals surface area contributed by atoms with Crippen molar-refractivity contribution in [2.24, 2.45) is 0 Å². The lowest BCUT2D eigenvalue weighted by Gasteiger charge is -2.47. The highest BCUT2D eigenvalue weighted by molar-refractivity contribution is 6.16. The first-order valence-corrected chi connectivity index (χ1v) is 36.6. The molecule has 0 aliphatic carbocycles. The number of aromatic nitrogens is 2. The van der Waals surface area contributed by atoms with Crippen LogP contribution >= 0.6 is 0 Å². The Balaban J connectivity index is 0.990. The third-order valence-electron chi connectivity index (χ3n) is 22.1. The van der Waals surface area contributed by atoms with Crippen LogP contribution in [0.25, 0.3) is 110 Å². The first-order chi connectivity index (χ1) is 53.1. The summed E-state index contributed by atoms with van der Waals surface area (Å²) in [5.41, 5.74) is 25.2. The molecule has 3 aromatic heterocycles. The molecule has 0 saturated heterocycles. The lowest BCUT2D eigenvalue weighted by Crippen LogP contribution is -2.31. The first-order valence-electron chi connectivity index (χ1n) is 40.6. The van der Waals surface area contributed by atoms with Crippen molar-refractivity contribution in [2.45, 2.75) is 137 Å². The van der Waals surface area contributed by atoms with Gasteiger partial charge in [0.05, 0.1) is 72.8 Å². The Kier molecular flexibility index (Phi) is 12.6. The normalized spacial score (nSPS) is 15.2. The molecule has 104 heavy (non-hydrogen) atoms. The number of para-hydroxylation sites is 4. The summed E-state index contributed by atoms with van der Waals surface area (Å²) in [5.74, 6) is -0.372. The van der Waals surface area contributed by atoms with Gasteiger partial charge >= 0.3 is 0 Å². The highest BCUT2D eigenvalue weighted by Crippen LogP contribution is 2.64. The molecule has 2 aliphatic rings. The fraction of sp³-hybridized carbons (Fsp3) is 0.212. The quantitative estimate of drug-likeness (QED) is 0.159. The summed E-state index contributed by atoms with van der Waals surface area (Å²) in [6.07, 6.45) is 0. The second-order valence-corrected chi connectivity index (χ2v) is 34.0. The SMILES string of the molecule is [2H]c1c([2H])c([2H])c2c(c1[2H])c1c([2H])c([2H])c([2H])c([2H])c1n2-c1cccc2c1oc1c(N3c4ccc(-c5cccc(C(C)(C)C)c5)cc4C4c5ccc(-n6c7ccc(C(C)(C)C)cc7c7cc(C(C)(C)C)ccc76)cc5N(c5c(-c6ccccc6)cc(C(C)(C)C)cc5-c5ccccc5)c5cc(C(C)(C)C)cc3c54)cccc12. The van der Waals surface area contributed by atoms with E-state index in [2.05, 4.69) is 318 Å². The number of fused-ring (bicyclic) bond motifs is 13. The van der Waals surface area contributed by atoms with E-state index in [0.717, 1.165) is 112 Å². The van der Waals surface area contributed by atoms with Crippen molar-refractivity contribution in [3.05, 3.63) is 311 Å². The van der Waals surface area contributed by atoms with Crippen LogP contribution in [-0.4, -0.2) is 9.13 Å². The van der Waals surface area contributed by atoms with Crippen LogP contribution in [0, 0.1) is 0 Å². The summed E-state index contributed by atoms with van der Waals surface area (Å²) in [5, 5.41) is 3.88. The zero-order chi connectivity index (χ0) is 78.8. The maximum absolute atomic E-state index is 9.58. The topological polar surface area (TPSA) is 29.5 Å². The summed E-state index contributed by atoms with van der Waals surface area (Å²) in [6.45, 7) is 34.4. The van der Waals surface area contributed by atoms with Gasteiger partial charge in [0.25, 0.3) is 0 Å². The van der Waals surface area contributed by atoms with E-state index in [-0.39, 0.29) is 61.5 Å². The highest BCUT2D eigenvalue weighted by Gasteiger charge is 2.45. The van der Waals surface area contributed by atoms with Crippen molar-refractivity contribution in [2.75, 3.05) is 9.80 Å². The van der Waals surface area contributed by atoms with Crippen LogP contribution in [0.3, 0.4) is 0 Å². The van der Waals surface area contributed by atoms with Gasteiger partial charge in [0.2, 0.25) is 0 Å². The zero-order valence-electron chi connectivity index (χ0n) is 70.1. The Hall–Kier alpha value is -11.1. The van der Waals surface area contributed by atoms with Crippen LogP contribution in [0.5, 0.6) is 0 Å². The van der Waals surface area contributed by atoms with E-state index < -0.39 is 41.7 Å². The minimum absolute atomic E-state index is 0.00540. The van der Waals surface area contributed by atoms with Crippen LogP contribution in [0.4, 0.5) is 34.1 Å². The van der Waals surface area contributed by atoms with Crippen molar-refractivity contribution in [3.8, 4) is 44.8 Å². The summed E-state index contributed by atoms with van der Waals surface area (Å²) >= 11 is 0. The van der Waals surface area contributed by atoms with Gasteiger partial charge in [-0.2, -0.15) is 0 Å². The summed E-state index contributed by atoms with van der Waals surface area (Å²) in [7, 11) is 0. The average molecular weight is 1360 g/mol. The molecule has 5 heteroatoms. The number of furan rings is 1. The number of hydrogen-bond acceptors (Lipinski definition) is 3. The first kappa shape index (κ1) is 56.4. The van der Waals surface area contributed by atoms with E-state index in [1.807, 2.05) is 12.1 Å². The molecule has 0 radical (unpaired) electrons. The van der Waals surface area contributed by atoms with Gasteiger partial charge in [-0.1, -0.05) is 274 Å². The molecular formula is C99H90N4O. The fourth-order valence-corrected chi connectivity index (χ4v) is 16.4. The minimum atomic E-state index is -0.505. The molecule has 18 rings (SSSR count). The molecule has 0 amide bonds. The second kappa shape index (κ2) is 23.2. The van der Waals surface area contributed by atoms with E-state index in [4.69, 9.17) is 9.90 Å². The third kappa shape index (κ3) is 10.3. The molecule has 5 heterocycles. The van der Waals surface area contributed by atoms with Crippen molar-refractivity contribution >= 4 is 99.7 Å². The fourth-order valence-electron chi connectivity index (χ4n) is 16.4. The molecule has 2 aliphatic heterocycles. The molecule has 13 aromatic carbocycles. The van der Waals surface area contributed by atoms with Gasteiger partial charge in [-0.3, -0.25) is 0 Å². The molecule has 512 valence electrons. The van der Waals surface area contributed by atoms with Crippen LogP contribution in [0.15, 0.2) is 271 Å². The Labute approximate surface area is 623 Å². The van der Waals surface area contributed by atoms with Crippen molar-refractivity contribution in [3.63, 3.8) is 0 Å². The summed E-state index contributed by atoms with van der Waals surface area (Å²) in [6, 6.07) is 77.4. The number of hydrogen-bond donors (Lipinski definition) is 0. The van der Waals surface area contributed by atoms with Gasteiger partial charge in [0.1, 0.15) is 0 Å². The average Bonchev–Trinajstić information content (AvgIpc) is 1.17. The number of nitrogens with zero attached hydrogens (tertiary/aromatic N) is 4. The Morgan fingerprint density at radius 3 is 1.34 bits per heavy atom. The molecule has 16 aromatic rings. The van der Waals surface area contributed by atoms with Crippen LogP contribution < -0.4 is 9.80 Å². The molecule has 0 N–H and O–H groups in total. The van der Waals surface area contributed by atoms with E-state index in [9.17, 15) is 5.48 Å². The van der Waals surface area contributed by atoms with Crippen LogP contribution in [0.2, 0.25) is 0 Å². The standard InChI is InChI=1S/C99H90N4O/c1-95(2,3)64-34-26-33-62(51-64)63-43-48-84-79(52-63)90-74-47-46-69(100-82-49-44-65(96(4,5)6)53-77(82)78-54-66(97(7,8)9)45-50-83(78)100)59-87(74)103(92-75(60-29-18-16-19-30-60)55-67(98(10,11)12)56-76(92)61-31-20-17-21-32-61)89-58-68(99(13,14)15)57-88(91(89)90)102(84)86-42-28-38-73-72-37-27-41-85(93(72)104-94(73)86)101-80-39-24-22-35-70(80)71-36-23-25-40-81(71)101/h16-59,90H,1-15H3/i22D,23D,24D,25D,35D,36D,39D,40D. The molecule has 5 nitrogen and oxygen atoms in total. The monoisotopic (exact) mass is 1360 g/mol. The number of rotatable bonds is 7. The van der Waals surface area contributed by atoms with E-state index in [0.29, 0.717) is 22.2 Å². The van der Waals surface area contributed by atoms with Crippen molar-refractivity contribution < 1.29 is 15.4 Å². The van der Waals surface area contributed by atoms with Gasteiger partial charge in [-0.15, -0.1) is 0 Å². The maximum Gasteiger partial charge on any atom is 0.159 e. The molecule has 1 unspecified atom stereocenters. The highest BCUT2D eigenvalue weighted by atomic mass is 16.3. The molecule has 0 spiro atoms. The second-order valence-electron chi connectivity index (χ2n) is 34.0. The number of anilines is 6.